The molecule has 1 aliphatic carbocycles. The van der Waals surface area contributed by atoms with Crippen LogP contribution in [0.4, 0.5) is 5.95 Å². The van der Waals surface area contributed by atoms with Crippen molar-refractivity contribution in [3.8, 4) is 0 Å². The van der Waals surface area contributed by atoms with Crippen LogP contribution in [0.3, 0.4) is 0 Å². The van der Waals surface area contributed by atoms with Gasteiger partial charge in [-0.05, 0) is 25.7 Å². The molecule has 4 rings (SSSR count). The molecule has 1 saturated carbocycles. The molecule has 8 heteroatoms. The number of carbonyl (C=O) groups is 2. The number of hydrogen-bond donors (Lipinski definition) is 1. The Hall–Kier alpha value is -2.12. The van der Waals surface area contributed by atoms with Crippen LogP contribution in [0.15, 0.2) is 6.33 Å². The minimum Gasteiger partial charge on any atom is -0.458 e. The van der Waals surface area contributed by atoms with Crippen molar-refractivity contribution in [1.82, 2.24) is 20.1 Å². The maximum absolute atomic E-state index is 13.1. The first-order valence-corrected chi connectivity index (χ1v) is 8.79. The van der Waals surface area contributed by atoms with Gasteiger partial charge in [0.05, 0.1) is 12.3 Å². The zero-order valence-electron chi connectivity index (χ0n) is 13.7. The van der Waals surface area contributed by atoms with E-state index in [0.29, 0.717) is 13.1 Å². The van der Waals surface area contributed by atoms with E-state index in [1.54, 1.807) is 0 Å². The van der Waals surface area contributed by atoms with Gasteiger partial charge < -0.3 is 14.5 Å². The number of aromatic nitrogens is 3. The average Bonchev–Trinajstić information content (AvgIpc) is 3.24. The second-order valence-corrected chi connectivity index (χ2v) is 6.98. The molecule has 1 aromatic heterocycles. The standard InChI is InChI=1S/C16H23N5O3/c22-13-10-12(16(24-13)4-2-1-3-5-16)14(23)20-6-8-21(9-7-20)15-17-11-18-19-15/h11-12H,1-10H2,(H,17,18,19)/t12-/m0/s1. The van der Waals surface area contributed by atoms with E-state index < -0.39 is 5.60 Å². The third-order valence-electron chi connectivity index (χ3n) is 5.61. The number of carbonyl (C=O) groups excluding carboxylic acids is 2. The summed E-state index contributed by atoms with van der Waals surface area (Å²) in [5, 5.41) is 6.72. The van der Waals surface area contributed by atoms with E-state index in [2.05, 4.69) is 20.1 Å². The minimum atomic E-state index is -0.533. The molecule has 1 N–H and O–H groups in total. The number of piperazine rings is 1. The molecule has 2 aliphatic heterocycles. The van der Waals surface area contributed by atoms with Gasteiger partial charge in [0.1, 0.15) is 11.9 Å². The topological polar surface area (TPSA) is 91.4 Å². The van der Waals surface area contributed by atoms with Crippen molar-refractivity contribution < 1.29 is 14.3 Å². The van der Waals surface area contributed by atoms with Crippen LogP contribution in [-0.2, 0) is 14.3 Å². The predicted octanol–water partition coefficient (Wildman–Crippen LogP) is 0.719. The maximum Gasteiger partial charge on any atom is 0.307 e. The average molecular weight is 333 g/mol. The van der Waals surface area contributed by atoms with Crippen molar-refractivity contribution in [1.29, 1.82) is 0 Å². The smallest absolute Gasteiger partial charge is 0.307 e. The molecule has 2 saturated heterocycles. The van der Waals surface area contributed by atoms with E-state index in [9.17, 15) is 9.59 Å². The van der Waals surface area contributed by atoms with Gasteiger partial charge in [-0.15, -0.1) is 0 Å². The third kappa shape index (κ3) is 2.63. The van der Waals surface area contributed by atoms with Crippen LogP contribution in [0.5, 0.6) is 0 Å². The van der Waals surface area contributed by atoms with E-state index in [0.717, 1.165) is 51.1 Å². The number of hydrogen-bond acceptors (Lipinski definition) is 6. The van der Waals surface area contributed by atoms with E-state index in [1.807, 2.05) is 4.90 Å². The molecule has 8 nitrogen and oxygen atoms in total. The molecule has 1 aromatic rings. The second kappa shape index (κ2) is 6.07. The highest BCUT2D eigenvalue weighted by atomic mass is 16.6. The van der Waals surface area contributed by atoms with Gasteiger partial charge in [-0.1, -0.05) is 6.42 Å². The molecule has 1 amide bonds. The lowest BCUT2D eigenvalue weighted by atomic mass is 9.75. The summed E-state index contributed by atoms with van der Waals surface area (Å²) in [6.45, 7) is 2.71. The molecule has 3 heterocycles. The Kier molecular flexibility index (Phi) is 3.90. The monoisotopic (exact) mass is 333 g/mol. The zero-order chi connectivity index (χ0) is 16.6. The summed E-state index contributed by atoms with van der Waals surface area (Å²) < 4.78 is 5.67. The molecular formula is C16H23N5O3. The lowest BCUT2D eigenvalue weighted by Gasteiger charge is -2.40. The van der Waals surface area contributed by atoms with Crippen LogP contribution in [0.25, 0.3) is 0 Å². The summed E-state index contributed by atoms with van der Waals surface area (Å²) in [6.07, 6.45) is 6.62. The second-order valence-electron chi connectivity index (χ2n) is 6.98. The molecule has 24 heavy (non-hydrogen) atoms. The predicted molar refractivity (Wildman–Crippen MR) is 85.2 cm³/mol. The summed E-state index contributed by atoms with van der Waals surface area (Å²) in [4.78, 5) is 33.1. The minimum absolute atomic E-state index is 0.0833. The first kappa shape index (κ1) is 15.4. The van der Waals surface area contributed by atoms with Crippen molar-refractivity contribution >= 4 is 17.8 Å². The number of anilines is 1. The van der Waals surface area contributed by atoms with Crippen molar-refractivity contribution in [2.45, 2.75) is 44.1 Å². The SMILES string of the molecule is O=C1C[C@@H](C(=O)N2CCN(c3ncn[nH]3)CC2)C2(CCCCC2)O1. The highest BCUT2D eigenvalue weighted by Crippen LogP contribution is 2.45. The summed E-state index contributed by atoms with van der Waals surface area (Å²) >= 11 is 0. The van der Waals surface area contributed by atoms with Gasteiger partial charge in [-0.3, -0.25) is 9.59 Å². The Bertz CT molecular complexity index is 603. The van der Waals surface area contributed by atoms with Gasteiger partial charge >= 0.3 is 5.97 Å². The van der Waals surface area contributed by atoms with Gasteiger partial charge in [0, 0.05) is 26.2 Å². The maximum atomic E-state index is 13.1. The number of nitrogens with zero attached hydrogens (tertiary/aromatic N) is 4. The lowest BCUT2D eigenvalue weighted by Crippen LogP contribution is -2.54. The van der Waals surface area contributed by atoms with E-state index in [-0.39, 0.29) is 24.2 Å². The van der Waals surface area contributed by atoms with E-state index in [4.69, 9.17) is 4.74 Å². The third-order valence-corrected chi connectivity index (χ3v) is 5.61. The molecule has 3 aliphatic rings. The fraction of sp³-hybridized carbons (Fsp3) is 0.750. The fourth-order valence-electron chi connectivity index (χ4n) is 4.32. The summed E-state index contributed by atoms with van der Waals surface area (Å²) in [5.74, 6) is 0.308. The van der Waals surface area contributed by atoms with Crippen LogP contribution >= 0.6 is 0 Å². The highest BCUT2D eigenvalue weighted by Gasteiger charge is 2.53. The van der Waals surface area contributed by atoms with Gasteiger partial charge in [-0.25, -0.2) is 5.10 Å². The molecule has 1 spiro atoms. The van der Waals surface area contributed by atoms with Crippen LogP contribution in [0.1, 0.15) is 38.5 Å². The van der Waals surface area contributed by atoms with Crippen LogP contribution in [0.2, 0.25) is 0 Å². The number of H-pyrrole nitrogens is 1. The Morgan fingerprint density at radius 2 is 1.96 bits per heavy atom. The van der Waals surface area contributed by atoms with Crippen molar-refractivity contribution in [2.24, 2.45) is 5.92 Å². The molecule has 130 valence electrons. The first-order chi connectivity index (χ1) is 11.7. The fourth-order valence-corrected chi connectivity index (χ4v) is 4.32. The van der Waals surface area contributed by atoms with Crippen molar-refractivity contribution in [3.63, 3.8) is 0 Å². The summed E-state index contributed by atoms with van der Waals surface area (Å²) in [6, 6.07) is 0. The highest BCUT2D eigenvalue weighted by molar-refractivity contribution is 5.88. The largest absolute Gasteiger partial charge is 0.458 e. The Morgan fingerprint density at radius 1 is 1.21 bits per heavy atom. The molecule has 0 aromatic carbocycles. The number of rotatable bonds is 2. The van der Waals surface area contributed by atoms with Crippen LogP contribution < -0.4 is 4.90 Å². The molecule has 3 fully saturated rings. The molecule has 0 bridgehead atoms. The Labute approximate surface area is 140 Å². The van der Waals surface area contributed by atoms with Crippen molar-refractivity contribution in [2.75, 3.05) is 31.1 Å². The summed E-state index contributed by atoms with van der Waals surface area (Å²) in [5.41, 5.74) is -0.533. The number of esters is 1. The molecular weight excluding hydrogens is 310 g/mol. The van der Waals surface area contributed by atoms with Crippen LogP contribution in [-0.4, -0.2) is 63.7 Å². The number of nitrogens with one attached hydrogen (secondary N) is 1. The quantitative estimate of drug-likeness (QED) is 0.802. The number of amides is 1. The Balaban J connectivity index is 1.43. The van der Waals surface area contributed by atoms with Crippen molar-refractivity contribution in [3.05, 3.63) is 6.33 Å². The van der Waals surface area contributed by atoms with Gasteiger partial charge in [0.25, 0.3) is 0 Å². The molecule has 1 atom stereocenters. The van der Waals surface area contributed by atoms with E-state index in [1.165, 1.54) is 6.33 Å². The van der Waals surface area contributed by atoms with Gasteiger partial charge in [0.15, 0.2) is 0 Å². The first-order valence-electron chi connectivity index (χ1n) is 8.79. The summed E-state index contributed by atoms with van der Waals surface area (Å²) in [7, 11) is 0. The van der Waals surface area contributed by atoms with Gasteiger partial charge in [-0.2, -0.15) is 10.1 Å². The lowest BCUT2D eigenvalue weighted by molar-refractivity contribution is -0.155. The Morgan fingerprint density at radius 3 is 2.62 bits per heavy atom. The normalized spacial score (nSPS) is 26.7. The van der Waals surface area contributed by atoms with Crippen LogP contribution in [0, 0.1) is 5.92 Å². The van der Waals surface area contributed by atoms with E-state index >= 15 is 0 Å². The number of aromatic amines is 1. The number of ether oxygens (including phenoxy) is 1. The molecule has 0 radical (unpaired) electrons. The zero-order valence-corrected chi connectivity index (χ0v) is 13.7. The van der Waals surface area contributed by atoms with Gasteiger partial charge in [0.2, 0.25) is 11.9 Å². The molecule has 0 unspecified atom stereocenters.